The Kier molecular flexibility index (Phi) is 8.20. The van der Waals surface area contributed by atoms with Gasteiger partial charge in [-0.1, -0.05) is 152 Å². The van der Waals surface area contributed by atoms with E-state index in [9.17, 15) is 0 Å². The summed E-state index contributed by atoms with van der Waals surface area (Å²) in [5, 5.41) is 0. The standard InChI is InChI=1S/C49H34N2O/c1-4-15-35(16-5-1)44-25-14-26-47-48(44)52-49(50-47)38-29-27-36(28-30-38)42-21-10-12-23-45(42)46-24-13-11-22-43(46)37-31-33-41(34-32-37)51(39-17-6-2-7-18-39)40-19-8-3-9-20-40/h1-34H. The molecule has 9 aromatic rings. The second-order valence-corrected chi connectivity index (χ2v) is 12.8. The molecule has 0 aliphatic carbocycles. The molecule has 1 heterocycles. The number of anilines is 3. The summed E-state index contributed by atoms with van der Waals surface area (Å²) in [6.07, 6.45) is 0. The summed E-state index contributed by atoms with van der Waals surface area (Å²) in [5.41, 5.74) is 15.1. The lowest BCUT2D eigenvalue weighted by molar-refractivity contribution is 0.621. The molecule has 9 rings (SSSR count). The third kappa shape index (κ3) is 5.95. The molecular weight excluding hydrogens is 633 g/mol. The van der Waals surface area contributed by atoms with Crippen molar-refractivity contribution >= 4 is 28.2 Å². The largest absolute Gasteiger partial charge is 0.435 e. The number of para-hydroxylation sites is 3. The number of hydrogen-bond acceptors (Lipinski definition) is 3. The van der Waals surface area contributed by atoms with Gasteiger partial charge in [-0.3, -0.25) is 0 Å². The second kappa shape index (κ2) is 13.7. The molecule has 0 radical (unpaired) electrons. The van der Waals surface area contributed by atoms with Crippen LogP contribution in [0.2, 0.25) is 0 Å². The first-order chi connectivity index (χ1) is 25.8. The molecule has 246 valence electrons. The van der Waals surface area contributed by atoms with E-state index >= 15 is 0 Å². The maximum absolute atomic E-state index is 6.40. The lowest BCUT2D eigenvalue weighted by atomic mass is 9.89. The fraction of sp³-hybridized carbons (Fsp3) is 0. The van der Waals surface area contributed by atoms with Crippen LogP contribution in [0.4, 0.5) is 17.1 Å². The Bertz CT molecular complexity index is 2550. The van der Waals surface area contributed by atoms with Crippen LogP contribution in [0.5, 0.6) is 0 Å². The fourth-order valence-corrected chi connectivity index (χ4v) is 7.04. The second-order valence-electron chi connectivity index (χ2n) is 12.8. The van der Waals surface area contributed by atoms with Crippen LogP contribution in [0.1, 0.15) is 0 Å². The van der Waals surface area contributed by atoms with E-state index in [2.05, 4.69) is 181 Å². The summed E-state index contributed by atoms with van der Waals surface area (Å²) in [5.74, 6) is 0.616. The summed E-state index contributed by atoms with van der Waals surface area (Å²) in [6, 6.07) is 72.2. The van der Waals surface area contributed by atoms with Gasteiger partial charge in [-0.25, -0.2) is 4.98 Å². The van der Waals surface area contributed by atoms with Crippen molar-refractivity contribution < 1.29 is 4.42 Å². The van der Waals surface area contributed by atoms with Crippen molar-refractivity contribution in [3.05, 3.63) is 206 Å². The minimum atomic E-state index is 0.616. The van der Waals surface area contributed by atoms with Crippen molar-refractivity contribution in [2.75, 3.05) is 4.90 Å². The van der Waals surface area contributed by atoms with E-state index in [1.807, 2.05) is 30.3 Å². The molecule has 0 unspecified atom stereocenters. The van der Waals surface area contributed by atoms with Gasteiger partial charge in [0, 0.05) is 28.2 Å². The molecule has 0 atom stereocenters. The maximum Gasteiger partial charge on any atom is 0.227 e. The molecule has 0 amide bonds. The number of rotatable bonds is 8. The highest BCUT2D eigenvalue weighted by atomic mass is 16.3. The Morgan fingerprint density at radius 1 is 0.308 bits per heavy atom. The van der Waals surface area contributed by atoms with E-state index in [0.717, 1.165) is 56.0 Å². The highest BCUT2D eigenvalue weighted by Crippen LogP contribution is 2.41. The van der Waals surface area contributed by atoms with E-state index in [4.69, 9.17) is 9.40 Å². The summed E-state index contributed by atoms with van der Waals surface area (Å²) in [7, 11) is 0. The number of oxazole rings is 1. The van der Waals surface area contributed by atoms with E-state index < -0.39 is 0 Å². The Morgan fingerprint density at radius 3 is 1.27 bits per heavy atom. The number of nitrogens with zero attached hydrogens (tertiary/aromatic N) is 2. The Hall–Kier alpha value is -6.97. The topological polar surface area (TPSA) is 29.3 Å². The molecule has 0 N–H and O–H groups in total. The van der Waals surface area contributed by atoms with Crippen LogP contribution in [-0.2, 0) is 0 Å². The lowest BCUT2D eigenvalue weighted by Gasteiger charge is -2.25. The minimum absolute atomic E-state index is 0.616. The first-order valence-corrected chi connectivity index (χ1v) is 17.5. The summed E-state index contributed by atoms with van der Waals surface area (Å²) < 4.78 is 6.40. The first-order valence-electron chi connectivity index (χ1n) is 17.5. The van der Waals surface area contributed by atoms with E-state index in [1.54, 1.807) is 0 Å². The van der Waals surface area contributed by atoms with Crippen molar-refractivity contribution in [3.63, 3.8) is 0 Å². The minimum Gasteiger partial charge on any atom is -0.435 e. The molecule has 0 bridgehead atoms. The monoisotopic (exact) mass is 666 g/mol. The summed E-state index contributed by atoms with van der Waals surface area (Å²) >= 11 is 0. The van der Waals surface area contributed by atoms with Crippen LogP contribution >= 0.6 is 0 Å². The van der Waals surface area contributed by atoms with Gasteiger partial charge in [0.1, 0.15) is 5.52 Å². The number of fused-ring (bicyclic) bond motifs is 1. The van der Waals surface area contributed by atoms with Crippen LogP contribution < -0.4 is 4.90 Å². The van der Waals surface area contributed by atoms with Crippen molar-refractivity contribution in [2.45, 2.75) is 0 Å². The van der Waals surface area contributed by atoms with Crippen molar-refractivity contribution in [1.29, 1.82) is 0 Å². The van der Waals surface area contributed by atoms with Crippen molar-refractivity contribution in [3.8, 4) is 56.0 Å². The van der Waals surface area contributed by atoms with Crippen molar-refractivity contribution in [1.82, 2.24) is 4.98 Å². The summed E-state index contributed by atoms with van der Waals surface area (Å²) in [4.78, 5) is 7.15. The molecule has 3 nitrogen and oxygen atoms in total. The van der Waals surface area contributed by atoms with Gasteiger partial charge >= 0.3 is 0 Å². The molecule has 1 aromatic heterocycles. The maximum atomic E-state index is 6.40. The molecule has 0 fully saturated rings. The van der Waals surface area contributed by atoms with E-state index in [1.165, 1.54) is 22.3 Å². The highest BCUT2D eigenvalue weighted by Gasteiger charge is 2.17. The average molecular weight is 667 g/mol. The van der Waals surface area contributed by atoms with Gasteiger partial charge in [0.15, 0.2) is 5.58 Å². The summed E-state index contributed by atoms with van der Waals surface area (Å²) in [6.45, 7) is 0. The molecule has 0 saturated heterocycles. The SMILES string of the molecule is c1ccc(-c2cccc3nc(-c4ccc(-c5ccccc5-c5ccccc5-c5ccc(N(c6ccccc6)c6ccccc6)cc5)cc4)oc23)cc1. The zero-order chi connectivity index (χ0) is 34.7. The number of hydrogen-bond donors (Lipinski definition) is 0. The predicted molar refractivity (Wildman–Crippen MR) is 216 cm³/mol. The van der Waals surface area contributed by atoms with Gasteiger partial charge in [0.25, 0.3) is 0 Å². The van der Waals surface area contributed by atoms with Gasteiger partial charge in [-0.15, -0.1) is 0 Å². The molecule has 0 aliphatic rings. The van der Waals surface area contributed by atoms with Gasteiger partial charge in [-0.05, 0) is 93.5 Å². The van der Waals surface area contributed by atoms with Crippen LogP contribution in [-0.4, -0.2) is 4.98 Å². The fourth-order valence-electron chi connectivity index (χ4n) is 7.04. The molecule has 3 heteroatoms. The zero-order valence-electron chi connectivity index (χ0n) is 28.4. The van der Waals surface area contributed by atoms with Gasteiger partial charge < -0.3 is 9.32 Å². The van der Waals surface area contributed by atoms with Crippen LogP contribution in [0.3, 0.4) is 0 Å². The smallest absolute Gasteiger partial charge is 0.227 e. The molecule has 0 aliphatic heterocycles. The molecule has 0 spiro atoms. The Morgan fingerprint density at radius 2 is 0.712 bits per heavy atom. The molecule has 8 aromatic carbocycles. The van der Waals surface area contributed by atoms with E-state index in [-0.39, 0.29) is 0 Å². The van der Waals surface area contributed by atoms with Crippen LogP contribution in [0.25, 0.3) is 67.1 Å². The average Bonchev–Trinajstić information content (AvgIpc) is 3.68. The number of benzene rings is 8. The first kappa shape index (κ1) is 31.0. The van der Waals surface area contributed by atoms with Gasteiger partial charge in [-0.2, -0.15) is 0 Å². The lowest BCUT2D eigenvalue weighted by Crippen LogP contribution is -2.09. The number of aromatic nitrogens is 1. The van der Waals surface area contributed by atoms with E-state index in [0.29, 0.717) is 5.89 Å². The van der Waals surface area contributed by atoms with Gasteiger partial charge in [0.05, 0.1) is 0 Å². The third-order valence-corrected chi connectivity index (χ3v) is 9.55. The third-order valence-electron chi connectivity index (χ3n) is 9.55. The van der Waals surface area contributed by atoms with Gasteiger partial charge in [0.2, 0.25) is 5.89 Å². The molecule has 52 heavy (non-hydrogen) atoms. The Balaban J connectivity index is 1.04. The van der Waals surface area contributed by atoms with Crippen molar-refractivity contribution in [2.24, 2.45) is 0 Å². The van der Waals surface area contributed by atoms with Crippen LogP contribution in [0.15, 0.2) is 211 Å². The zero-order valence-corrected chi connectivity index (χ0v) is 28.4. The molecular formula is C49H34N2O. The normalized spacial score (nSPS) is 11.1. The molecule has 0 saturated carbocycles. The van der Waals surface area contributed by atoms with Crippen LogP contribution in [0, 0.1) is 0 Å². The predicted octanol–water partition coefficient (Wildman–Crippen LogP) is 13.6. The Labute approximate surface area is 303 Å². The highest BCUT2D eigenvalue weighted by molar-refractivity contribution is 5.93. The quantitative estimate of drug-likeness (QED) is 0.162.